The molecule has 2 aromatic rings. The van der Waals surface area contributed by atoms with Crippen molar-refractivity contribution < 1.29 is 9.53 Å². The predicted molar refractivity (Wildman–Crippen MR) is 77.9 cm³/mol. The zero-order valence-corrected chi connectivity index (χ0v) is 12.3. The second kappa shape index (κ2) is 5.68. The van der Waals surface area contributed by atoms with Gasteiger partial charge >= 0.3 is 5.97 Å². The van der Waals surface area contributed by atoms with Crippen molar-refractivity contribution in [3.8, 4) is 0 Å². The lowest BCUT2D eigenvalue weighted by Gasteiger charge is -2.17. The molecule has 5 heteroatoms. The third-order valence-electron chi connectivity index (χ3n) is 3.72. The highest BCUT2D eigenvalue weighted by Gasteiger charge is 2.35. The van der Waals surface area contributed by atoms with E-state index < -0.39 is 5.92 Å². The van der Waals surface area contributed by atoms with Crippen molar-refractivity contribution in [2.45, 2.75) is 38.6 Å². The molecule has 1 atom stereocenters. The Bertz CT molecular complexity index is 632. The van der Waals surface area contributed by atoms with Crippen LogP contribution in [0.4, 0.5) is 0 Å². The molecule has 0 radical (unpaired) electrons. The lowest BCUT2D eigenvalue weighted by Crippen LogP contribution is -2.21. The van der Waals surface area contributed by atoms with Gasteiger partial charge in [-0.25, -0.2) is 0 Å². The van der Waals surface area contributed by atoms with E-state index in [4.69, 9.17) is 4.74 Å². The summed E-state index contributed by atoms with van der Waals surface area (Å²) in [5.41, 5.74) is 0.894. The minimum Gasteiger partial charge on any atom is -0.465 e. The van der Waals surface area contributed by atoms with Gasteiger partial charge in [0.2, 0.25) is 0 Å². The molecule has 1 aromatic carbocycles. The summed E-state index contributed by atoms with van der Waals surface area (Å²) < 4.78 is 7.35. The highest BCUT2D eigenvalue weighted by Crippen LogP contribution is 2.39. The zero-order valence-electron chi connectivity index (χ0n) is 12.3. The molecule has 1 heterocycles. The number of aryl methyl sites for hydroxylation is 1. The van der Waals surface area contributed by atoms with Gasteiger partial charge in [-0.3, -0.25) is 4.79 Å². The summed E-state index contributed by atoms with van der Waals surface area (Å²) in [6.45, 7) is 4.11. The van der Waals surface area contributed by atoms with E-state index in [1.165, 1.54) is 0 Å². The molecule has 5 nitrogen and oxygen atoms in total. The molecule has 1 aliphatic rings. The Morgan fingerprint density at radius 3 is 2.67 bits per heavy atom. The Morgan fingerprint density at radius 1 is 1.33 bits per heavy atom. The maximum Gasteiger partial charge on any atom is 0.321 e. The third kappa shape index (κ3) is 2.68. The smallest absolute Gasteiger partial charge is 0.321 e. The summed E-state index contributed by atoms with van der Waals surface area (Å²) in [5.74, 6) is 0.781. The van der Waals surface area contributed by atoms with Crippen molar-refractivity contribution in [2.75, 3.05) is 6.61 Å². The number of carbonyl (C=O) groups is 1. The number of rotatable bonds is 5. The van der Waals surface area contributed by atoms with Crippen LogP contribution in [0, 0.1) is 6.92 Å². The molecule has 21 heavy (non-hydrogen) atoms. The molecule has 3 rings (SSSR count). The number of hydrogen-bond donors (Lipinski definition) is 0. The van der Waals surface area contributed by atoms with Crippen LogP contribution in [0.2, 0.25) is 0 Å². The largest absolute Gasteiger partial charge is 0.465 e. The molecule has 110 valence electrons. The van der Waals surface area contributed by atoms with Crippen molar-refractivity contribution in [2.24, 2.45) is 0 Å². The van der Waals surface area contributed by atoms with Crippen LogP contribution >= 0.6 is 0 Å². The summed E-state index contributed by atoms with van der Waals surface area (Å²) in [7, 11) is 0. The Morgan fingerprint density at radius 2 is 2.05 bits per heavy atom. The predicted octanol–water partition coefficient (Wildman–Crippen LogP) is 2.62. The number of ether oxygens (including phenoxy) is 1. The van der Waals surface area contributed by atoms with Gasteiger partial charge in [0.25, 0.3) is 0 Å². The molecule has 0 aliphatic heterocycles. The number of carbonyl (C=O) groups excluding carboxylic acids is 1. The number of esters is 1. The third-order valence-corrected chi connectivity index (χ3v) is 3.72. The Labute approximate surface area is 124 Å². The summed E-state index contributed by atoms with van der Waals surface area (Å²) in [4.78, 5) is 12.4. The average molecular weight is 285 g/mol. The number of nitrogens with zero attached hydrogens (tertiary/aromatic N) is 3. The van der Waals surface area contributed by atoms with Gasteiger partial charge in [-0.2, -0.15) is 0 Å². The fourth-order valence-electron chi connectivity index (χ4n) is 2.63. The first kappa shape index (κ1) is 13.8. The van der Waals surface area contributed by atoms with Crippen molar-refractivity contribution in [1.29, 1.82) is 0 Å². The first-order chi connectivity index (χ1) is 10.2. The lowest BCUT2D eigenvalue weighted by molar-refractivity contribution is -0.144. The summed E-state index contributed by atoms with van der Waals surface area (Å²) in [5, 5.41) is 8.44. The van der Waals surface area contributed by atoms with E-state index in [9.17, 15) is 4.79 Å². The van der Waals surface area contributed by atoms with E-state index in [0.29, 0.717) is 18.5 Å². The maximum atomic E-state index is 12.4. The van der Waals surface area contributed by atoms with Gasteiger partial charge in [-0.1, -0.05) is 30.3 Å². The van der Waals surface area contributed by atoms with Crippen LogP contribution in [-0.2, 0) is 9.53 Å². The molecule has 1 aromatic heterocycles. The normalized spacial score (nSPS) is 15.7. The van der Waals surface area contributed by atoms with Gasteiger partial charge in [-0.15, -0.1) is 10.2 Å². The van der Waals surface area contributed by atoms with Crippen molar-refractivity contribution >= 4 is 5.97 Å². The van der Waals surface area contributed by atoms with Crippen molar-refractivity contribution in [3.63, 3.8) is 0 Å². The van der Waals surface area contributed by atoms with Crippen molar-refractivity contribution in [1.82, 2.24) is 14.8 Å². The van der Waals surface area contributed by atoms with Crippen LogP contribution in [-0.4, -0.2) is 27.3 Å². The monoisotopic (exact) mass is 285 g/mol. The molecular formula is C16H19N3O2. The van der Waals surface area contributed by atoms with Gasteiger partial charge in [0.1, 0.15) is 11.7 Å². The number of hydrogen-bond acceptors (Lipinski definition) is 4. The highest BCUT2D eigenvalue weighted by molar-refractivity contribution is 5.81. The van der Waals surface area contributed by atoms with Gasteiger partial charge < -0.3 is 9.30 Å². The van der Waals surface area contributed by atoms with E-state index in [1.807, 2.05) is 44.2 Å². The van der Waals surface area contributed by atoms with E-state index in [-0.39, 0.29) is 5.97 Å². The van der Waals surface area contributed by atoms with E-state index in [0.717, 1.165) is 24.2 Å². The van der Waals surface area contributed by atoms with E-state index in [1.54, 1.807) is 0 Å². The Hall–Kier alpha value is -2.17. The van der Waals surface area contributed by atoms with Crippen LogP contribution in [0.25, 0.3) is 0 Å². The molecular weight excluding hydrogens is 266 g/mol. The quantitative estimate of drug-likeness (QED) is 0.792. The summed E-state index contributed by atoms with van der Waals surface area (Å²) >= 11 is 0. The topological polar surface area (TPSA) is 57.0 Å². The number of aromatic nitrogens is 3. The molecule has 1 saturated carbocycles. The first-order valence-electron chi connectivity index (χ1n) is 7.35. The minimum absolute atomic E-state index is 0.266. The van der Waals surface area contributed by atoms with Gasteiger partial charge in [0.05, 0.1) is 6.61 Å². The number of benzene rings is 1. The van der Waals surface area contributed by atoms with Crippen LogP contribution in [0.1, 0.15) is 48.9 Å². The van der Waals surface area contributed by atoms with Gasteiger partial charge in [0, 0.05) is 6.04 Å². The van der Waals surface area contributed by atoms with Crippen LogP contribution in [0.3, 0.4) is 0 Å². The molecule has 0 saturated heterocycles. The zero-order chi connectivity index (χ0) is 14.8. The van der Waals surface area contributed by atoms with E-state index in [2.05, 4.69) is 14.8 Å². The van der Waals surface area contributed by atoms with Crippen LogP contribution < -0.4 is 0 Å². The van der Waals surface area contributed by atoms with Gasteiger partial charge in [0.15, 0.2) is 5.82 Å². The van der Waals surface area contributed by atoms with E-state index >= 15 is 0 Å². The fourth-order valence-corrected chi connectivity index (χ4v) is 2.63. The van der Waals surface area contributed by atoms with Crippen molar-refractivity contribution in [3.05, 3.63) is 47.5 Å². The average Bonchev–Trinajstić information content (AvgIpc) is 3.25. The standard InChI is InChI=1S/C16H19N3O2/c1-3-21-16(20)14(12-7-5-4-6-8-12)15-18-17-11(2)19(15)13-9-10-13/h4-8,13-14H,3,9-10H2,1-2H3. The molecule has 0 N–H and O–H groups in total. The summed E-state index contributed by atoms with van der Waals surface area (Å²) in [6, 6.07) is 10.1. The minimum atomic E-state index is -0.507. The lowest BCUT2D eigenvalue weighted by atomic mass is 9.98. The van der Waals surface area contributed by atoms with Crippen LogP contribution in [0.5, 0.6) is 0 Å². The molecule has 0 amide bonds. The van der Waals surface area contributed by atoms with Gasteiger partial charge in [-0.05, 0) is 32.3 Å². The Kier molecular flexibility index (Phi) is 3.73. The summed E-state index contributed by atoms with van der Waals surface area (Å²) in [6.07, 6.45) is 2.24. The highest BCUT2D eigenvalue weighted by atomic mass is 16.5. The Balaban J connectivity index is 2.05. The second-order valence-corrected chi connectivity index (χ2v) is 5.30. The molecule has 1 aliphatic carbocycles. The fraction of sp³-hybridized carbons (Fsp3) is 0.438. The molecule has 1 fully saturated rings. The maximum absolute atomic E-state index is 12.4. The molecule has 1 unspecified atom stereocenters. The second-order valence-electron chi connectivity index (χ2n) is 5.30. The molecule has 0 bridgehead atoms. The van der Waals surface area contributed by atoms with Crippen LogP contribution in [0.15, 0.2) is 30.3 Å². The first-order valence-corrected chi connectivity index (χ1v) is 7.35. The molecule has 0 spiro atoms. The SMILES string of the molecule is CCOC(=O)C(c1ccccc1)c1nnc(C)n1C1CC1.